The molecular formula is C17H17F3N4O2. The van der Waals surface area contributed by atoms with Gasteiger partial charge in [-0.05, 0) is 18.2 Å². The van der Waals surface area contributed by atoms with Crippen molar-refractivity contribution in [1.82, 2.24) is 19.2 Å². The van der Waals surface area contributed by atoms with E-state index in [1.54, 1.807) is 28.8 Å². The average molecular weight is 366 g/mol. The fourth-order valence-electron chi connectivity index (χ4n) is 3.06. The largest absolute Gasteiger partial charge is 0.410 e. The molecule has 26 heavy (non-hydrogen) atoms. The molecule has 6 nitrogen and oxygen atoms in total. The Balaban J connectivity index is 1.81. The first kappa shape index (κ1) is 18.0. The van der Waals surface area contributed by atoms with Crippen LogP contribution in [0.25, 0.3) is 5.65 Å². The molecule has 0 bridgehead atoms. The summed E-state index contributed by atoms with van der Waals surface area (Å²) in [5.41, 5.74) is 1.13. The van der Waals surface area contributed by atoms with Crippen molar-refractivity contribution >= 4 is 17.5 Å². The second-order valence-corrected chi connectivity index (χ2v) is 5.99. The Labute approximate surface area is 147 Å². The van der Waals surface area contributed by atoms with Gasteiger partial charge in [-0.25, -0.2) is 4.98 Å². The van der Waals surface area contributed by atoms with Crippen LogP contribution in [0.4, 0.5) is 13.2 Å². The number of halogens is 3. The van der Waals surface area contributed by atoms with E-state index in [1.165, 1.54) is 6.20 Å². The van der Waals surface area contributed by atoms with Crippen molar-refractivity contribution in [2.45, 2.75) is 18.6 Å². The van der Waals surface area contributed by atoms with E-state index >= 15 is 0 Å². The SMILES string of the molecule is C=CC(=O)N1CCN(C(=O)Cc2cnc3ccccn23)C(C(F)(F)F)C1. The van der Waals surface area contributed by atoms with Gasteiger partial charge in [0.15, 0.2) is 0 Å². The third-order valence-electron chi connectivity index (χ3n) is 4.39. The number of hydrogen-bond acceptors (Lipinski definition) is 3. The number of nitrogens with zero attached hydrogens (tertiary/aromatic N) is 4. The lowest BCUT2D eigenvalue weighted by atomic mass is 10.1. The first-order valence-electron chi connectivity index (χ1n) is 7.99. The molecule has 0 spiro atoms. The van der Waals surface area contributed by atoms with E-state index in [0.717, 1.165) is 15.9 Å². The zero-order valence-electron chi connectivity index (χ0n) is 13.8. The molecule has 2 aromatic rings. The van der Waals surface area contributed by atoms with Gasteiger partial charge in [0.2, 0.25) is 11.8 Å². The van der Waals surface area contributed by atoms with E-state index in [-0.39, 0.29) is 19.5 Å². The molecular weight excluding hydrogens is 349 g/mol. The molecule has 3 heterocycles. The van der Waals surface area contributed by atoms with E-state index in [0.29, 0.717) is 11.3 Å². The Morgan fingerprint density at radius 2 is 2.08 bits per heavy atom. The van der Waals surface area contributed by atoms with E-state index in [4.69, 9.17) is 0 Å². The van der Waals surface area contributed by atoms with E-state index in [2.05, 4.69) is 11.6 Å². The Morgan fingerprint density at radius 1 is 1.31 bits per heavy atom. The van der Waals surface area contributed by atoms with Gasteiger partial charge in [-0.15, -0.1) is 0 Å². The number of rotatable bonds is 3. The normalized spacial score (nSPS) is 18.2. The van der Waals surface area contributed by atoms with Crippen LogP contribution in [-0.2, 0) is 16.0 Å². The van der Waals surface area contributed by atoms with E-state index in [9.17, 15) is 22.8 Å². The monoisotopic (exact) mass is 366 g/mol. The quantitative estimate of drug-likeness (QED) is 0.777. The highest BCUT2D eigenvalue weighted by Crippen LogP contribution is 2.28. The average Bonchev–Trinajstić information content (AvgIpc) is 3.03. The van der Waals surface area contributed by atoms with Crippen LogP contribution in [0.3, 0.4) is 0 Å². The molecule has 1 atom stereocenters. The first-order chi connectivity index (χ1) is 12.3. The van der Waals surface area contributed by atoms with Gasteiger partial charge >= 0.3 is 6.18 Å². The molecule has 1 aliphatic heterocycles. The van der Waals surface area contributed by atoms with Crippen LogP contribution < -0.4 is 0 Å². The van der Waals surface area contributed by atoms with Crippen LogP contribution in [0, 0.1) is 0 Å². The molecule has 138 valence electrons. The molecule has 1 saturated heterocycles. The Morgan fingerprint density at radius 3 is 2.77 bits per heavy atom. The Bertz CT molecular complexity index is 846. The fraction of sp³-hybridized carbons (Fsp3) is 0.353. The number of fused-ring (bicyclic) bond motifs is 1. The first-order valence-corrected chi connectivity index (χ1v) is 7.99. The maximum Gasteiger partial charge on any atom is 0.410 e. The van der Waals surface area contributed by atoms with Crippen molar-refractivity contribution in [1.29, 1.82) is 0 Å². The predicted molar refractivity (Wildman–Crippen MR) is 87.2 cm³/mol. The summed E-state index contributed by atoms with van der Waals surface area (Å²) < 4.78 is 42.0. The van der Waals surface area contributed by atoms with Crippen molar-refractivity contribution in [3.05, 3.63) is 48.9 Å². The lowest BCUT2D eigenvalue weighted by molar-refractivity contribution is -0.201. The summed E-state index contributed by atoms with van der Waals surface area (Å²) >= 11 is 0. The van der Waals surface area contributed by atoms with Crippen molar-refractivity contribution in [3.8, 4) is 0 Å². The minimum atomic E-state index is -4.63. The van der Waals surface area contributed by atoms with Gasteiger partial charge in [-0.2, -0.15) is 13.2 Å². The number of alkyl halides is 3. The summed E-state index contributed by atoms with van der Waals surface area (Å²) in [4.78, 5) is 30.2. The fourth-order valence-corrected chi connectivity index (χ4v) is 3.06. The topological polar surface area (TPSA) is 57.9 Å². The van der Waals surface area contributed by atoms with Gasteiger partial charge in [0.05, 0.1) is 18.7 Å². The number of hydrogen-bond donors (Lipinski definition) is 0. The van der Waals surface area contributed by atoms with Crippen molar-refractivity contribution in [3.63, 3.8) is 0 Å². The molecule has 2 amide bonds. The number of imidazole rings is 1. The maximum atomic E-state index is 13.4. The summed E-state index contributed by atoms with van der Waals surface area (Å²) in [5.74, 6) is -1.23. The van der Waals surface area contributed by atoms with Crippen LogP contribution >= 0.6 is 0 Å². The molecule has 9 heteroatoms. The second kappa shape index (κ2) is 6.81. The molecule has 1 fully saturated rings. The highest BCUT2D eigenvalue weighted by atomic mass is 19.4. The minimum absolute atomic E-state index is 0.0380. The van der Waals surface area contributed by atoms with Crippen LogP contribution in [0.2, 0.25) is 0 Å². The molecule has 2 aromatic heterocycles. The highest BCUT2D eigenvalue weighted by molar-refractivity contribution is 5.87. The van der Waals surface area contributed by atoms with E-state index in [1.807, 2.05) is 0 Å². The number of piperazine rings is 1. The summed E-state index contributed by atoms with van der Waals surface area (Å²) in [6.45, 7) is 2.56. The number of pyridine rings is 1. The zero-order valence-corrected chi connectivity index (χ0v) is 13.8. The number of carbonyl (C=O) groups excluding carboxylic acids is 2. The number of amides is 2. The summed E-state index contributed by atoms with van der Waals surface area (Å²) in [5, 5.41) is 0. The Hall–Kier alpha value is -2.84. The molecule has 0 aromatic carbocycles. The predicted octanol–water partition coefficient (Wildman–Crippen LogP) is 1.66. The van der Waals surface area contributed by atoms with Crippen LogP contribution in [0.1, 0.15) is 5.69 Å². The van der Waals surface area contributed by atoms with Crippen LogP contribution in [0.5, 0.6) is 0 Å². The third kappa shape index (κ3) is 3.42. The van der Waals surface area contributed by atoms with Gasteiger partial charge in [0, 0.05) is 25.5 Å². The minimum Gasteiger partial charge on any atom is -0.335 e. The third-order valence-corrected chi connectivity index (χ3v) is 4.39. The van der Waals surface area contributed by atoms with Crippen molar-refractivity contribution in [2.75, 3.05) is 19.6 Å². The molecule has 0 radical (unpaired) electrons. The molecule has 1 aliphatic rings. The molecule has 1 unspecified atom stereocenters. The Kier molecular flexibility index (Phi) is 4.71. The maximum absolute atomic E-state index is 13.4. The lowest BCUT2D eigenvalue weighted by Gasteiger charge is -2.41. The van der Waals surface area contributed by atoms with Gasteiger partial charge in [-0.3, -0.25) is 9.59 Å². The second-order valence-electron chi connectivity index (χ2n) is 5.99. The van der Waals surface area contributed by atoms with Gasteiger partial charge in [0.25, 0.3) is 0 Å². The van der Waals surface area contributed by atoms with Crippen molar-refractivity contribution < 1.29 is 22.8 Å². The molecule has 0 aliphatic carbocycles. The van der Waals surface area contributed by atoms with Gasteiger partial charge < -0.3 is 14.2 Å². The van der Waals surface area contributed by atoms with Crippen molar-refractivity contribution in [2.24, 2.45) is 0 Å². The standard InChI is InChI=1S/C17H17F3N4O2/c1-2-15(25)22-7-8-24(13(11-22)17(18,19)20)16(26)9-12-10-21-14-5-3-4-6-23(12)14/h2-6,10,13H,1,7-9,11H2. The van der Waals surface area contributed by atoms with Crippen LogP contribution in [0.15, 0.2) is 43.2 Å². The number of aromatic nitrogens is 2. The summed E-state index contributed by atoms with van der Waals surface area (Å²) in [6.07, 6.45) is -0.675. The molecule has 0 N–H and O–H groups in total. The van der Waals surface area contributed by atoms with E-state index < -0.39 is 30.6 Å². The van der Waals surface area contributed by atoms with Gasteiger partial charge in [-0.1, -0.05) is 12.6 Å². The smallest absolute Gasteiger partial charge is 0.335 e. The lowest BCUT2D eigenvalue weighted by Crippen LogP contribution is -2.61. The summed E-state index contributed by atoms with van der Waals surface area (Å²) in [6, 6.07) is 3.24. The molecule has 3 rings (SSSR count). The highest BCUT2D eigenvalue weighted by Gasteiger charge is 2.48. The van der Waals surface area contributed by atoms with Crippen LogP contribution in [-0.4, -0.2) is 62.9 Å². The summed E-state index contributed by atoms with van der Waals surface area (Å²) in [7, 11) is 0. The zero-order chi connectivity index (χ0) is 18.9. The number of carbonyl (C=O) groups is 2. The molecule has 0 saturated carbocycles. The van der Waals surface area contributed by atoms with Gasteiger partial charge in [0.1, 0.15) is 11.7 Å².